The molecule has 6 heteroatoms. The molecule has 0 unspecified atom stereocenters. The number of hydrogen-bond acceptors (Lipinski definition) is 6. The van der Waals surface area contributed by atoms with Crippen LogP contribution in [0.3, 0.4) is 0 Å². The summed E-state index contributed by atoms with van der Waals surface area (Å²) in [6.07, 6.45) is 0. The second-order valence-corrected chi connectivity index (χ2v) is 3.34. The molecule has 0 radical (unpaired) electrons. The molecule has 6 nitrogen and oxygen atoms in total. The van der Waals surface area contributed by atoms with E-state index in [-0.39, 0.29) is 12.2 Å². The van der Waals surface area contributed by atoms with Crippen LogP contribution in [-0.2, 0) is 14.3 Å². The number of rotatable bonds is 5. The van der Waals surface area contributed by atoms with Gasteiger partial charge in [-0.25, -0.2) is 9.59 Å². The third-order valence-electron chi connectivity index (χ3n) is 2.10. The highest BCUT2D eigenvalue weighted by Gasteiger charge is 2.12. The molecular weight excluding hydrogens is 238 g/mol. The number of nitrogens with two attached hydrogens (primary N) is 1. The molecule has 2 N–H and O–H groups in total. The van der Waals surface area contributed by atoms with Gasteiger partial charge in [0, 0.05) is 0 Å². The fourth-order valence-corrected chi connectivity index (χ4v) is 1.25. The Bertz CT molecular complexity index is 444. The smallest absolute Gasteiger partial charge is 0.344 e. The standard InChI is InChI=1S/C12H15NO5/c1-3-17-11(14)7-18-12(15)8-4-5-9(13)10(6-8)16-2/h4-6H,3,7,13H2,1-2H3. The Balaban J connectivity index is 2.64. The van der Waals surface area contributed by atoms with Crippen molar-refractivity contribution >= 4 is 17.6 Å². The van der Waals surface area contributed by atoms with E-state index in [2.05, 4.69) is 4.74 Å². The van der Waals surface area contributed by atoms with E-state index in [1.165, 1.54) is 25.3 Å². The minimum Gasteiger partial charge on any atom is -0.495 e. The number of carbonyl (C=O) groups is 2. The van der Waals surface area contributed by atoms with Crippen LogP contribution in [0.15, 0.2) is 18.2 Å². The van der Waals surface area contributed by atoms with E-state index < -0.39 is 18.5 Å². The van der Waals surface area contributed by atoms with Gasteiger partial charge in [0.25, 0.3) is 0 Å². The first-order chi connectivity index (χ1) is 8.58. The molecule has 0 saturated heterocycles. The predicted molar refractivity (Wildman–Crippen MR) is 64.3 cm³/mol. The number of anilines is 1. The summed E-state index contributed by atoms with van der Waals surface area (Å²) in [5, 5.41) is 0. The molecule has 1 aromatic carbocycles. The van der Waals surface area contributed by atoms with Crippen molar-refractivity contribution < 1.29 is 23.8 Å². The second-order valence-electron chi connectivity index (χ2n) is 3.34. The molecule has 0 aromatic heterocycles. The van der Waals surface area contributed by atoms with Crippen molar-refractivity contribution in [3.8, 4) is 5.75 Å². The molecule has 18 heavy (non-hydrogen) atoms. The van der Waals surface area contributed by atoms with Gasteiger partial charge in [0.05, 0.1) is 25.0 Å². The number of methoxy groups -OCH3 is 1. The summed E-state index contributed by atoms with van der Waals surface area (Å²) in [6, 6.07) is 4.47. The van der Waals surface area contributed by atoms with Crippen LogP contribution in [0.5, 0.6) is 5.75 Å². The summed E-state index contributed by atoms with van der Waals surface area (Å²) in [5.74, 6) is -0.852. The van der Waals surface area contributed by atoms with Crippen molar-refractivity contribution in [1.29, 1.82) is 0 Å². The third kappa shape index (κ3) is 3.65. The van der Waals surface area contributed by atoms with Crippen LogP contribution in [0.1, 0.15) is 17.3 Å². The summed E-state index contributed by atoms with van der Waals surface area (Å²) in [4.78, 5) is 22.6. The fraction of sp³-hybridized carbons (Fsp3) is 0.333. The molecule has 0 aliphatic heterocycles. The summed E-state index contributed by atoms with van der Waals surface area (Å²) in [7, 11) is 1.44. The fourth-order valence-electron chi connectivity index (χ4n) is 1.25. The average Bonchev–Trinajstić information content (AvgIpc) is 2.37. The van der Waals surface area contributed by atoms with Crippen LogP contribution in [-0.4, -0.2) is 32.3 Å². The summed E-state index contributed by atoms with van der Waals surface area (Å²) >= 11 is 0. The van der Waals surface area contributed by atoms with Crippen LogP contribution < -0.4 is 10.5 Å². The lowest BCUT2D eigenvalue weighted by atomic mass is 10.2. The molecule has 0 atom stereocenters. The highest BCUT2D eigenvalue weighted by atomic mass is 16.6. The number of hydrogen-bond donors (Lipinski definition) is 1. The van der Waals surface area contributed by atoms with Crippen molar-refractivity contribution in [2.45, 2.75) is 6.92 Å². The highest BCUT2D eigenvalue weighted by Crippen LogP contribution is 2.22. The Morgan fingerprint density at radius 2 is 2.00 bits per heavy atom. The van der Waals surface area contributed by atoms with E-state index in [0.29, 0.717) is 11.4 Å². The Morgan fingerprint density at radius 1 is 1.28 bits per heavy atom. The molecule has 0 amide bonds. The van der Waals surface area contributed by atoms with Crippen LogP contribution in [0, 0.1) is 0 Å². The lowest BCUT2D eigenvalue weighted by molar-refractivity contribution is -0.146. The Morgan fingerprint density at radius 3 is 2.61 bits per heavy atom. The van der Waals surface area contributed by atoms with Gasteiger partial charge < -0.3 is 19.9 Å². The number of nitrogen functional groups attached to an aromatic ring is 1. The van der Waals surface area contributed by atoms with Gasteiger partial charge in [0.2, 0.25) is 0 Å². The monoisotopic (exact) mass is 253 g/mol. The van der Waals surface area contributed by atoms with Gasteiger partial charge in [-0.05, 0) is 25.1 Å². The first kappa shape index (κ1) is 13.8. The van der Waals surface area contributed by atoms with Gasteiger partial charge in [-0.3, -0.25) is 0 Å². The van der Waals surface area contributed by atoms with Crippen molar-refractivity contribution in [2.24, 2.45) is 0 Å². The van der Waals surface area contributed by atoms with E-state index in [0.717, 1.165) is 0 Å². The maximum absolute atomic E-state index is 11.6. The molecule has 0 bridgehead atoms. The van der Waals surface area contributed by atoms with Crippen molar-refractivity contribution in [1.82, 2.24) is 0 Å². The van der Waals surface area contributed by atoms with Gasteiger partial charge in [-0.2, -0.15) is 0 Å². The predicted octanol–water partition coefficient (Wildman–Crippen LogP) is 0.997. The van der Waals surface area contributed by atoms with E-state index >= 15 is 0 Å². The van der Waals surface area contributed by atoms with E-state index in [9.17, 15) is 9.59 Å². The summed E-state index contributed by atoms with van der Waals surface area (Å²) < 4.78 is 14.4. The minimum absolute atomic E-state index is 0.242. The van der Waals surface area contributed by atoms with Gasteiger partial charge in [0.15, 0.2) is 6.61 Å². The Kier molecular flexibility index (Phi) is 4.98. The van der Waals surface area contributed by atoms with Gasteiger partial charge in [0.1, 0.15) is 5.75 Å². The lowest BCUT2D eigenvalue weighted by Gasteiger charge is -2.07. The topological polar surface area (TPSA) is 87.9 Å². The largest absolute Gasteiger partial charge is 0.495 e. The number of carbonyl (C=O) groups excluding carboxylic acids is 2. The maximum Gasteiger partial charge on any atom is 0.344 e. The van der Waals surface area contributed by atoms with Crippen molar-refractivity contribution in [3.05, 3.63) is 23.8 Å². The molecular formula is C12H15NO5. The molecule has 1 aromatic rings. The average molecular weight is 253 g/mol. The molecule has 0 fully saturated rings. The maximum atomic E-state index is 11.6. The molecule has 1 rings (SSSR count). The first-order valence-electron chi connectivity index (χ1n) is 5.34. The Hall–Kier alpha value is -2.24. The normalized spacial score (nSPS) is 9.67. The number of ether oxygens (including phenoxy) is 3. The van der Waals surface area contributed by atoms with E-state index in [1.807, 2.05) is 0 Å². The molecule has 0 spiro atoms. The summed E-state index contributed by atoms with van der Waals surface area (Å²) in [5.41, 5.74) is 6.28. The zero-order chi connectivity index (χ0) is 13.5. The number of esters is 2. The molecule has 98 valence electrons. The van der Waals surface area contributed by atoms with Gasteiger partial charge in [-0.1, -0.05) is 0 Å². The second kappa shape index (κ2) is 6.48. The molecule has 0 aliphatic carbocycles. The molecule has 0 saturated carbocycles. The van der Waals surface area contributed by atoms with Crippen LogP contribution in [0.4, 0.5) is 5.69 Å². The third-order valence-corrected chi connectivity index (χ3v) is 2.10. The van der Waals surface area contributed by atoms with Gasteiger partial charge >= 0.3 is 11.9 Å². The van der Waals surface area contributed by atoms with Crippen molar-refractivity contribution in [2.75, 3.05) is 26.1 Å². The number of benzene rings is 1. The van der Waals surface area contributed by atoms with E-state index in [1.54, 1.807) is 6.92 Å². The zero-order valence-electron chi connectivity index (χ0n) is 10.3. The SMILES string of the molecule is CCOC(=O)COC(=O)c1ccc(N)c(OC)c1. The first-order valence-corrected chi connectivity index (χ1v) is 5.34. The highest BCUT2D eigenvalue weighted by molar-refractivity contribution is 5.91. The lowest BCUT2D eigenvalue weighted by Crippen LogP contribution is -2.16. The van der Waals surface area contributed by atoms with Crippen LogP contribution in [0.25, 0.3) is 0 Å². The molecule has 0 aliphatic rings. The minimum atomic E-state index is -0.638. The summed E-state index contributed by atoms with van der Waals surface area (Å²) in [6.45, 7) is 1.50. The Labute approximate surface area is 105 Å². The van der Waals surface area contributed by atoms with Crippen molar-refractivity contribution in [3.63, 3.8) is 0 Å². The molecule has 0 heterocycles. The van der Waals surface area contributed by atoms with Crippen LogP contribution in [0.2, 0.25) is 0 Å². The van der Waals surface area contributed by atoms with Crippen LogP contribution >= 0.6 is 0 Å². The van der Waals surface area contributed by atoms with E-state index in [4.69, 9.17) is 15.2 Å². The zero-order valence-corrected chi connectivity index (χ0v) is 10.3. The van der Waals surface area contributed by atoms with Gasteiger partial charge in [-0.15, -0.1) is 0 Å². The quantitative estimate of drug-likeness (QED) is 0.622.